The number of amides is 2. The molecule has 34 heavy (non-hydrogen) atoms. The molecule has 1 atom stereocenters. The van der Waals surface area contributed by atoms with E-state index in [9.17, 15) is 14.4 Å². The summed E-state index contributed by atoms with van der Waals surface area (Å²) in [5.74, 6) is -0.730. The van der Waals surface area contributed by atoms with Gasteiger partial charge in [-0.2, -0.15) is 0 Å². The maximum atomic E-state index is 13.1. The summed E-state index contributed by atoms with van der Waals surface area (Å²) in [6, 6.07) is 11.9. The molecule has 1 aliphatic heterocycles. The average Bonchev–Trinajstić information content (AvgIpc) is 3.18. The quantitative estimate of drug-likeness (QED) is 0.375. The lowest BCUT2D eigenvalue weighted by molar-refractivity contribution is -0.114. The van der Waals surface area contributed by atoms with Crippen LogP contribution in [0.15, 0.2) is 45.6 Å². The van der Waals surface area contributed by atoms with Gasteiger partial charge in [0.2, 0.25) is 5.91 Å². The molecule has 1 unspecified atom stereocenters. The Morgan fingerprint density at radius 1 is 1.15 bits per heavy atom. The van der Waals surface area contributed by atoms with E-state index >= 15 is 0 Å². The molecule has 0 saturated carbocycles. The van der Waals surface area contributed by atoms with E-state index in [4.69, 9.17) is 9.15 Å². The molecule has 3 aromatic rings. The number of fused-ring (bicyclic) bond motifs is 2. The first-order valence-electron chi connectivity index (χ1n) is 11.5. The first kappa shape index (κ1) is 24.0. The number of anilines is 1. The molecule has 0 bridgehead atoms. The van der Waals surface area contributed by atoms with Gasteiger partial charge in [-0.05, 0) is 48.4 Å². The summed E-state index contributed by atoms with van der Waals surface area (Å²) in [6.45, 7) is 11.4. The number of nitrogens with one attached hydrogen (secondary N) is 1. The van der Waals surface area contributed by atoms with Crippen LogP contribution in [-0.2, 0) is 22.8 Å². The zero-order valence-corrected chi connectivity index (χ0v) is 21.3. The van der Waals surface area contributed by atoms with E-state index in [1.807, 2.05) is 31.2 Å². The standard InChI is InChI=1S/C25H31N3O5Si/c1-16-20-8-7-19(26-17(2)29)13-21(20)24(30)27(16)14-18-6-9-22-23(12-18)33-25(31)28(22)15-32-10-11-34(3,4)5/h6-9,12-13,16H,10-11,14-15H2,1-5H3,(H,26,29). The first-order valence-corrected chi connectivity index (χ1v) is 15.2. The number of aromatic nitrogens is 1. The number of hydrogen-bond donors (Lipinski definition) is 1. The van der Waals surface area contributed by atoms with Crippen molar-refractivity contribution in [3.8, 4) is 0 Å². The highest BCUT2D eigenvalue weighted by Gasteiger charge is 2.34. The Bertz CT molecular complexity index is 1300. The Kier molecular flexibility index (Phi) is 6.50. The fourth-order valence-corrected chi connectivity index (χ4v) is 4.91. The van der Waals surface area contributed by atoms with E-state index in [0.717, 1.165) is 17.2 Å². The van der Waals surface area contributed by atoms with Crippen molar-refractivity contribution < 1.29 is 18.7 Å². The normalized spacial score (nSPS) is 15.7. The number of carbonyl (C=O) groups excluding carboxylic acids is 2. The van der Waals surface area contributed by atoms with Gasteiger partial charge >= 0.3 is 5.76 Å². The van der Waals surface area contributed by atoms with Crippen LogP contribution in [0.5, 0.6) is 0 Å². The highest BCUT2D eigenvalue weighted by atomic mass is 28.3. The Morgan fingerprint density at radius 2 is 1.91 bits per heavy atom. The van der Waals surface area contributed by atoms with Gasteiger partial charge in [-0.1, -0.05) is 31.8 Å². The molecule has 1 aromatic heterocycles. The minimum atomic E-state index is -1.20. The summed E-state index contributed by atoms with van der Waals surface area (Å²) >= 11 is 0. The second-order valence-corrected chi connectivity index (χ2v) is 15.7. The van der Waals surface area contributed by atoms with Crippen LogP contribution in [0.2, 0.25) is 25.7 Å². The fourth-order valence-electron chi connectivity index (χ4n) is 4.16. The minimum absolute atomic E-state index is 0.0929. The molecule has 0 radical (unpaired) electrons. The lowest BCUT2D eigenvalue weighted by Gasteiger charge is -2.22. The van der Waals surface area contributed by atoms with Gasteiger partial charge in [0, 0.05) is 39.4 Å². The average molecular weight is 482 g/mol. The van der Waals surface area contributed by atoms with Gasteiger partial charge in [-0.25, -0.2) is 9.36 Å². The van der Waals surface area contributed by atoms with E-state index in [-0.39, 0.29) is 24.6 Å². The van der Waals surface area contributed by atoms with Crippen LogP contribution in [0, 0.1) is 0 Å². The highest BCUT2D eigenvalue weighted by molar-refractivity contribution is 6.76. The number of carbonyl (C=O) groups is 2. The van der Waals surface area contributed by atoms with E-state index in [0.29, 0.717) is 35.5 Å². The van der Waals surface area contributed by atoms with Crippen molar-refractivity contribution >= 4 is 36.7 Å². The SMILES string of the molecule is CC(=O)Nc1ccc2c(c1)C(=O)N(Cc1ccc3c(c1)oc(=O)n3COCC[Si](C)(C)C)C2C. The number of rotatable bonds is 8. The second kappa shape index (κ2) is 9.23. The molecule has 8 nitrogen and oxygen atoms in total. The Morgan fingerprint density at radius 3 is 2.62 bits per heavy atom. The van der Waals surface area contributed by atoms with Gasteiger partial charge in [0.15, 0.2) is 5.58 Å². The van der Waals surface area contributed by atoms with Crippen molar-refractivity contribution in [2.45, 2.75) is 58.9 Å². The lowest BCUT2D eigenvalue weighted by atomic mass is 10.0. The summed E-state index contributed by atoms with van der Waals surface area (Å²) in [5, 5.41) is 2.73. The third kappa shape index (κ3) is 5.00. The van der Waals surface area contributed by atoms with Crippen molar-refractivity contribution in [1.29, 1.82) is 0 Å². The third-order valence-electron chi connectivity index (χ3n) is 6.08. The number of benzene rings is 2. The van der Waals surface area contributed by atoms with Gasteiger partial charge < -0.3 is 19.4 Å². The number of hydrogen-bond acceptors (Lipinski definition) is 5. The third-order valence-corrected chi connectivity index (χ3v) is 7.79. The molecule has 0 saturated heterocycles. The summed E-state index contributed by atoms with van der Waals surface area (Å²) in [7, 11) is -1.20. The molecule has 180 valence electrons. The Balaban J connectivity index is 1.49. The highest BCUT2D eigenvalue weighted by Crippen LogP contribution is 2.36. The van der Waals surface area contributed by atoms with Crippen molar-refractivity contribution in [3.63, 3.8) is 0 Å². The van der Waals surface area contributed by atoms with Crippen molar-refractivity contribution in [2.75, 3.05) is 11.9 Å². The fraction of sp³-hybridized carbons (Fsp3) is 0.400. The lowest BCUT2D eigenvalue weighted by Crippen LogP contribution is -2.26. The Labute approximate surface area is 199 Å². The number of oxazole rings is 1. The van der Waals surface area contributed by atoms with Crippen LogP contribution in [0.3, 0.4) is 0 Å². The summed E-state index contributed by atoms with van der Waals surface area (Å²) < 4.78 is 12.7. The number of ether oxygens (including phenoxy) is 1. The molecular formula is C25H31N3O5Si. The van der Waals surface area contributed by atoms with Crippen LogP contribution in [0.4, 0.5) is 5.69 Å². The predicted molar refractivity (Wildman–Crippen MR) is 134 cm³/mol. The zero-order valence-electron chi connectivity index (χ0n) is 20.3. The van der Waals surface area contributed by atoms with Gasteiger partial charge in [0.05, 0.1) is 11.6 Å². The van der Waals surface area contributed by atoms with Gasteiger partial charge in [0.25, 0.3) is 5.91 Å². The van der Waals surface area contributed by atoms with E-state index in [1.54, 1.807) is 17.0 Å². The van der Waals surface area contributed by atoms with Crippen LogP contribution >= 0.6 is 0 Å². The summed E-state index contributed by atoms with van der Waals surface area (Å²) in [4.78, 5) is 38.6. The first-order chi connectivity index (χ1) is 16.0. The number of nitrogens with zero attached hydrogens (tertiary/aromatic N) is 2. The smallest absolute Gasteiger partial charge is 0.408 e. The molecule has 2 amide bonds. The van der Waals surface area contributed by atoms with Gasteiger partial charge in [-0.15, -0.1) is 0 Å². The van der Waals surface area contributed by atoms with E-state index in [1.165, 1.54) is 11.5 Å². The largest absolute Gasteiger partial charge is 0.421 e. The molecule has 2 aromatic carbocycles. The van der Waals surface area contributed by atoms with Crippen LogP contribution in [0.25, 0.3) is 11.1 Å². The molecular weight excluding hydrogens is 450 g/mol. The van der Waals surface area contributed by atoms with Crippen molar-refractivity contribution in [1.82, 2.24) is 9.47 Å². The molecule has 2 heterocycles. The Hall–Kier alpha value is -3.17. The van der Waals surface area contributed by atoms with Gasteiger partial charge in [0.1, 0.15) is 6.73 Å². The molecule has 0 aliphatic carbocycles. The molecule has 1 N–H and O–H groups in total. The molecule has 9 heteroatoms. The van der Waals surface area contributed by atoms with Crippen LogP contribution < -0.4 is 11.1 Å². The topological polar surface area (TPSA) is 93.8 Å². The van der Waals surface area contributed by atoms with Crippen LogP contribution in [-0.4, -0.2) is 36.0 Å². The molecule has 0 fully saturated rings. The molecule has 4 rings (SSSR count). The van der Waals surface area contributed by atoms with E-state index in [2.05, 4.69) is 25.0 Å². The maximum Gasteiger partial charge on any atom is 0.421 e. The molecule has 0 spiro atoms. The van der Waals surface area contributed by atoms with Gasteiger partial charge in [-0.3, -0.25) is 9.59 Å². The maximum absolute atomic E-state index is 13.1. The summed E-state index contributed by atoms with van der Waals surface area (Å²) in [6.07, 6.45) is 0. The van der Waals surface area contributed by atoms with Crippen LogP contribution in [0.1, 0.15) is 41.4 Å². The van der Waals surface area contributed by atoms with Crippen molar-refractivity contribution in [3.05, 3.63) is 63.6 Å². The minimum Gasteiger partial charge on any atom is -0.408 e. The van der Waals surface area contributed by atoms with Crippen molar-refractivity contribution in [2.24, 2.45) is 0 Å². The monoisotopic (exact) mass is 481 g/mol. The second-order valence-electron chi connectivity index (χ2n) is 10.0. The molecule has 1 aliphatic rings. The summed E-state index contributed by atoms with van der Waals surface area (Å²) in [5.41, 5.74) is 4.13. The predicted octanol–water partition coefficient (Wildman–Crippen LogP) is 4.58. The zero-order chi connectivity index (χ0) is 24.6. The van der Waals surface area contributed by atoms with E-state index < -0.39 is 13.8 Å².